The third-order valence-electron chi connectivity index (χ3n) is 4.23. The molecule has 3 atom stereocenters. The lowest BCUT2D eigenvalue weighted by Gasteiger charge is -2.40. The monoisotopic (exact) mass is 389 g/mol. The third kappa shape index (κ3) is 5.25. The van der Waals surface area contributed by atoms with Gasteiger partial charge in [-0.1, -0.05) is 22.4 Å². The molecule has 3 nitrogen and oxygen atoms in total. The van der Waals surface area contributed by atoms with Crippen molar-refractivity contribution in [3.05, 3.63) is 34.3 Å². The van der Waals surface area contributed by atoms with Crippen molar-refractivity contribution in [2.24, 2.45) is 0 Å². The summed E-state index contributed by atoms with van der Waals surface area (Å²) in [5.41, 5.74) is 0.602. The lowest BCUT2D eigenvalue weighted by Crippen LogP contribution is -2.47. The molecule has 2 rings (SSSR count). The van der Waals surface area contributed by atoms with E-state index < -0.39 is 0 Å². The lowest BCUT2D eigenvalue weighted by atomic mass is 9.97. The first kappa shape index (κ1) is 19.5. The Labute approximate surface area is 147 Å². The zero-order valence-corrected chi connectivity index (χ0v) is 15.8. The average molecular weight is 391 g/mol. The zero-order valence-electron chi connectivity index (χ0n) is 13.4. The Morgan fingerprint density at radius 1 is 1.27 bits per heavy atom. The van der Waals surface area contributed by atoms with Gasteiger partial charge in [-0.15, -0.1) is 12.4 Å². The van der Waals surface area contributed by atoms with Crippen LogP contribution in [0, 0.1) is 0 Å². The molecule has 0 aliphatic carbocycles. The lowest BCUT2D eigenvalue weighted by molar-refractivity contribution is 0.00812. The van der Waals surface area contributed by atoms with Gasteiger partial charge in [0.15, 0.2) is 0 Å². The Balaban J connectivity index is 0.00000242. The van der Waals surface area contributed by atoms with E-state index in [1.54, 1.807) is 12.1 Å². The topological polar surface area (TPSA) is 29.5 Å². The first-order chi connectivity index (χ1) is 9.97. The number of ether oxygens (including phenoxy) is 1. The number of carbonyl (C=O) groups is 1. The van der Waals surface area contributed by atoms with Crippen LogP contribution < -0.4 is 0 Å². The number of hydrogen-bond donors (Lipinski definition) is 0. The molecule has 0 saturated carbocycles. The van der Waals surface area contributed by atoms with Crippen LogP contribution in [0.25, 0.3) is 0 Å². The molecule has 0 amide bonds. The number of rotatable bonds is 4. The van der Waals surface area contributed by atoms with Crippen LogP contribution in [0.5, 0.6) is 0 Å². The summed E-state index contributed by atoms with van der Waals surface area (Å²) >= 11 is 3.37. The SMILES string of the molecule is CC(CN1C(C)CCCC1C)OC(=O)c1ccc(Br)cc1.Cl. The van der Waals surface area contributed by atoms with Crippen LogP contribution in [-0.2, 0) is 4.74 Å². The minimum atomic E-state index is -0.243. The van der Waals surface area contributed by atoms with Gasteiger partial charge in [0.05, 0.1) is 5.56 Å². The van der Waals surface area contributed by atoms with Gasteiger partial charge in [0, 0.05) is 23.1 Å². The van der Waals surface area contributed by atoms with Gasteiger partial charge in [-0.25, -0.2) is 4.79 Å². The summed E-state index contributed by atoms with van der Waals surface area (Å²) < 4.78 is 6.54. The van der Waals surface area contributed by atoms with Crippen molar-refractivity contribution in [2.75, 3.05) is 6.54 Å². The highest BCUT2D eigenvalue weighted by molar-refractivity contribution is 9.10. The molecule has 1 aliphatic rings. The molecule has 5 heteroatoms. The van der Waals surface area contributed by atoms with Crippen molar-refractivity contribution in [1.29, 1.82) is 0 Å². The van der Waals surface area contributed by atoms with Crippen molar-refractivity contribution < 1.29 is 9.53 Å². The Bertz CT molecular complexity index is 470. The second-order valence-electron chi connectivity index (χ2n) is 6.05. The summed E-state index contributed by atoms with van der Waals surface area (Å²) in [7, 11) is 0. The quantitative estimate of drug-likeness (QED) is 0.699. The number of likely N-dealkylation sites (tertiary alicyclic amines) is 1. The van der Waals surface area contributed by atoms with Gasteiger partial charge >= 0.3 is 5.97 Å². The van der Waals surface area contributed by atoms with E-state index in [0.717, 1.165) is 11.0 Å². The molecule has 1 heterocycles. The zero-order chi connectivity index (χ0) is 15.4. The molecule has 0 aromatic heterocycles. The average Bonchev–Trinajstić information content (AvgIpc) is 2.43. The molecule has 1 fully saturated rings. The molecular formula is C17H25BrClNO2. The summed E-state index contributed by atoms with van der Waals surface area (Å²) in [5, 5.41) is 0. The summed E-state index contributed by atoms with van der Waals surface area (Å²) in [4.78, 5) is 14.6. The van der Waals surface area contributed by atoms with Gasteiger partial charge < -0.3 is 4.74 Å². The van der Waals surface area contributed by atoms with Crippen LogP contribution in [-0.4, -0.2) is 35.6 Å². The normalized spacial score (nSPS) is 23.5. The van der Waals surface area contributed by atoms with E-state index in [1.165, 1.54) is 19.3 Å². The van der Waals surface area contributed by atoms with E-state index >= 15 is 0 Å². The molecule has 0 spiro atoms. The maximum Gasteiger partial charge on any atom is 0.338 e. The molecule has 1 aliphatic heterocycles. The highest BCUT2D eigenvalue weighted by Crippen LogP contribution is 2.23. The van der Waals surface area contributed by atoms with Crippen LogP contribution in [0.2, 0.25) is 0 Å². The van der Waals surface area contributed by atoms with Gasteiger partial charge in [-0.3, -0.25) is 4.90 Å². The van der Waals surface area contributed by atoms with Gasteiger partial charge in [-0.2, -0.15) is 0 Å². The maximum atomic E-state index is 12.1. The number of benzene rings is 1. The van der Waals surface area contributed by atoms with Crippen LogP contribution in [0.3, 0.4) is 0 Å². The molecule has 1 saturated heterocycles. The third-order valence-corrected chi connectivity index (χ3v) is 4.76. The standard InChI is InChI=1S/C17H24BrNO2.ClH/c1-12-5-4-6-13(2)19(12)11-14(3)21-17(20)15-7-9-16(18)10-8-15;/h7-10,12-14H,4-6,11H2,1-3H3;1H. The summed E-state index contributed by atoms with van der Waals surface area (Å²) in [6.07, 6.45) is 3.67. The molecule has 1 aromatic carbocycles. The maximum absolute atomic E-state index is 12.1. The van der Waals surface area contributed by atoms with Crippen LogP contribution in [0.15, 0.2) is 28.7 Å². The van der Waals surface area contributed by atoms with Crippen molar-refractivity contribution in [3.63, 3.8) is 0 Å². The number of halogens is 2. The first-order valence-corrected chi connectivity index (χ1v) is 8.49. The highest BCUT2D eigenvalue weighted by Gasteiger charge is 2.26. The molecule has 0 radical (unpaired) electrons. The van der Waals surface area contributed by atoms with E-state index in [1.807, 2.05) is 19.1 Å². The highest BCUT2D eigenvalue weighted by atomic mass is 79.9. The van der Waals surface area contributed by atoms with Crippen LogP contribution >= 0.6 is 28.3 Å². The van der Waals surface area contributed by atoms with E-state index in [4.69, 9.17) is 4.74 Å². The predicted molar refractivity (Wildman–Crippen MR) is 95.7 cm³/mol. The number of hydrogen-bond acceptors (Lipinski definition) is 3. The smallest absolute Gasteiger partial charge is 0.338 e. The van der Waals surface area contributed by atoms with E-state index in [-0.39, 0.29) is 24.5 Å². The summed E-state index contributed by atoms with van der Waals surface area (Å²) in [6, 6.07) is 8.42. The van der Waals surface area contributed by atoms with E-state index in [9.17, 15) is 4.79 Å². The summed E-state index contributed by atoms with van der Waals surface area (Å²) in [5.74, 6) is -0.243. The van der Waals surface area contributed by atoms with Crippen molar-refractivity contribution in [3.8, 4) is 0 Å². The van der Waals surface area contributed by atoms with Gasteiger partial charge in [0.2, 0.25) is 0 Å². The first-order valence-electron chi connectivity index (χ1n) is 7.69. The molecular weight excluding hydrogens is 366 g/mol. The van der Waals surface area contributed by atoms with E-state index in [2.05, 4.69) is 34.7 Å². The Morgan fingerprint density at radius 3 is 2.36 bits per heavy atom. The molecule has 1 aromatic rings. The van der Waals surface area contributed by atoms with Gasteiger partial charge in [0.1, 0.15) is 6.10 Å². The molecule has 3 unspecified atom stereocenters. The number of nitrogens with zero attached hydrogens (tertiary/aromatic N) is 1. The van der Waals surface area contributed by atoms with Crippen molar-refractivity contribution in [1.82, 2.24) is 4.90 Å². The minimum absolute atomic E-state index is 0. The fourth-order valence-corrected chi connectivity index (χ4v) is 3.27. The van der Waals surface area contributed by atoms with Crippen molar-refractivity contribution >= 4 is 34.3 Å². The summed E-state index contributed by atoms with van der Waals surface area (Å²) in [6.45, 7) is 7.31. The number of carbonyl (C=O) groups excluding carboxylic acids is 1. The number of esters is 1. The van der Waals surface area contributed by atoms with Crippen LogP contribution in [0.4, 0.5) is 0 Å². The molecule has 0 bridgehead atoms. The van der Waals surface area contributed by atoms with Crippen LogP contribution in [0.1, 0.15) is 50.4 Å². The fraction of sp³-hybridized carbons (Fsp3) is 0.588. The minimum Gasteiger partial charge on any atom is -0.458 e. The van der Waals surface area contributed by atoms with Crippen molar-refractivity contribution in [2.45, 2.75) is 58.2 Å². The largest absolute Gasteiger partial charge is 0.458 e. The molecule has 124 valence electrons. The Kier molecular flexibility index (Phi) is 7.87. The molecule has 22 heavy (non-hydrogen) atoms. The van der Waals surface area contributed by atoms with E-state index in [0.29, 0.717) is 17.6 Å². The second-order valence-corrected chi connectivity index (χ2v) is 6.96. The number of piperidine rings is 1. The fourth-order valence-electron chi connectivity index (χ4n) is 3.01. The molecule has 0 N–H and O–H groups in total. The Morgan fingerprint density at radius 2 is 1.82 bits per heavy atom. The second kappa shape index (κ2) is 8.90. The van der Waals surface area contributed by atoms with Gasteiger partial charge in [0.25, 0.3) is 0 Å². The Hall–Kier alpha value is -0.580. The van der Waals surface area contributed by atoms with Gasteiger partial charge in [-0.05, 0) is 57.9 Å². The predicted octanol–water partition coefficient (Wildman–Crippen LogP) is 4.68.